The zero-order valence-corrected chi connectivity index (χ0v) is 14.1. The first-order chi connectivity index (χ1) is 11.5. The van der Waals surface area contributed by atoms with Crippen LogP contribution in [0, 0.1) is 0 Å². The smallest absolute Gasteiger partial charge is 0.244 e. The Bertz CT molecular complexity index is 819. The van der Waals surface area contributed by atoms with Crippen LogP contribution in [-0.2, 0) is 27.9 Å². The molecule has 0 saturated carbocycles. The van der Waals surface area contributed by atoms with Gasteiger partial charge in [0.2, 0.25) is 15.9 Å². The van der Waals surface area contributed by atoms with Gasteiger partial charge in [-0.1, -0.05) is 6.07 Å². The number of amides is 1. The second-order valence-electron chi connectivity index (χ2n) is 5.58. The molecule has 1 amide bonds. The Morgan fingerprint density at radius 2 is 2.21 bits per heavy atom. The van der Waals surface area contributed by atoms with Gasteiger partial charge in [0, 0.05) is 31.7 Å². The molecule has 24 heavy (non-hydrogen) atoms. The number of rotatable bonds is 5. The van der Waals surface area contributed by atoms with Crippen LogP contribution in [0.25, 0.3) is 0 Å². The number of fused-ring (bicyclic) bond motifs is 1. The molecule has 3 heterocycles. The summed E-state index contributed by atoms with van der Waals surface area (Å²) >= 11 is 0. The highest BCUT2D eigenvalue weighted by atomic mass is 32.2. The van der Waals surface area contributed by atoms with Crippen molar-refractivity contribution in [1.29, 1.82) is 0 Å². The van der Waals surface area contributed by atoms with Crippen molar-refractivity contribution in [1.82, 2.24) is 24.2 Å². The number of hydrogen-bond donors (Lipinski definition) is 1. The first kappa shape index (κ1) is 16.6. The minimum absolute atomic E-state index is 0.00512. The third-order valence-corrected chi connectivity index (χ3v) is 5.84. The quantitative estimate of drug-likeness (QED) is 0.837. The predicted molar refractivity (Wildman–Crippen MR) is 87.2 cm³/mol. The minimum atomic E-state index is -3.37. The summed E-state index contributed by atoms with van der Waals surface area (Å²) in [4.78, 5) is 20.6. The molecule has 0 radical (unpaired) electrons. The molecule has 0 unspecified atom stereocenters. The maximum absolute atomic E-state index is 12.6. The van der Waals surface area contributed by atoms with Crippen molar-refractivity contribution in [2.75, 3.05) is 12.3 Å². The Morgan fingerprint density at radius 3 is 2.92 bits per heavy atom. The van der Waals surface area contributed by atoms with E-state index in [1.807, 2.05) is 6.07 Å². The third-order valence-electron chi connectivity index (χ3n) is 4.05. The fourth-order valence-electron chi connectivity index (χ4n) is 2.67. The number of carbonyl (C=O) groups is 1. The van der Waals surface area contributed by atoms with Crippen LogP contribution in [0.2, 0.25) is 0 Å². The van der Waals surface area contributed by atoms with Crippen LogP contribution >= 0.6 is 0 Å². The second kappa shape index (κ2) is 6.70. The van der Waals surface area contributed by atoms with Crippen LogP contribution < -0.4 is 5.32 Å². The SMILES string of the molecule is CCS(=O)(=O)N1Cc2cncn2[C@H](C(=O)NCc2cccnc2)C1. The van der Waals surface area contributed by atoms with Crippen LogP contribution in [-0.4, -0.2) is 45.5 Å². The van der Waals surface area contributed by atoms with E-state index in [0.717, 1.165) is 5.56 Å². The van der Waals surface area contributed by atoms with E-state index >= 15 is 0 Å². The first-order valence-electron chi connectivity index (χ1n) is 7.66. The van der Waals surface area contributed by atoms with Crippen LogP contribution in [0.4, 0.5) is 0 Å². The molecule has 2 aromatic rings. The van der Waals surface area contributed by atoms with Crippen molar-refractivity contribution in [2.45, 2.75) is 26.1 Å². The summed E-state index contributed by atoms with van der Waals surface area (Å²) in [6.07, 6.45) is 6.51. The van der Waals surface area contributed by atoms with Crippen LogP contribution in [0.15, 0.2) is 37.1 Å². The van der Waals surface area contributed by atoms with Gasteiger partial charge in [-0.3, -0.25) is 9.78 Å². The van der Waals surface area contributed by atoms with Gasteiger partial charge >= 0.3 is 0 Å². The second-order valence-corrected chi connectivity index (χ2v) is 7.84. The van der Waals surface area contributed by atoms with Crippen molar-refractivity contribution >= 4 is 15.9 Å². The van der Waals surface area contributed by atoms with Gasteiger partial charge in [0.05, 0.1) is 24.3 Å². The molecule has 1 atom stereocenters. The fraction of sp³-hybridized carbons (Fsp3) is 0.400. The number of hydrogen-bond acceptors (Lipinski definition) is 5. The van der Waals surface area contributed by atoms with Crippen molar-refractivity contribution in [3.05, 3.63) is 48.3 Å². The summed E-state index contributed by atoms with van der Waals surface area (Å²) in [5.41, 5.74) is 1.59. The zero-order valence-electron chi connectivity index (χ0n) is 13.3. The molecule has 1 N–H and O–H groups in total. The topological polar surface area (TPSA) is 97.2 Å². The number of nitrogens with one attached hydrogen (secondary N) is 1. The Labute approximate surface area is 140 Å². The van der Waals surface area contributed by atoms with Crippen molar-refractivity contribution in [3.63, 3.8) is 0 Å². The summed E-state index contributed by atoms with van der Waals surface area (Å²) < 4.78 is 27.5. The molecule has 0 spiro atoms. The molecule has 128 valence electrons. The molecule has 0 fully saturated rings. The molecule has 0 saturated heterocycles. The van der Waals surface area contributed by atoms with Crippen molar-refractivity contribution in [2.24, 2.45) is 0 Å². The normalized spacial score (nSPS) is 18.1. The highest BCUT2D eigenvalue weighted by molar-refractivity contribution is 7.89. The number of sulfonamides is 1. The highest BCUT2D eigenvalue weighted by Gasteiger charge is 2.34. The number of carbonyl (C=O) groups excluding carboxylic acids is 1. The van der Waals surface area contributed by atoms with E-state index in [1.54, 1.807) is 42.5 Å². The van der Waals surface area contributed by atoms with Gasteiger partial charge in [0.1, 0.15) is 6.04 Å². The fourth-order valence-corrected chi connectivity index (χ4v) is 3.74. The van der Waals surface area contributed by atoms with E-state index in [0.29, 0.717) is 12.2 Å². The average Bonchev–Trinajstić information content (AvgIpc) is 3.08. The lowest BCUT2D eigenvalue weighted by atomic mass is 10.2. The summed E-state index contributed by atoms with van der Waals surface area (Å²) in [6, 6.07) is 3.03. The van der Waals surface area contributed by atoms with E-state index in [2.05, 4.69) is 15.3 Å². The Morgan fingerprint density at radius 1 is 1.38 bits per heavy atom. The van der Waals surface area contributed by atoms with Crippen LogP contribution in [0.3, 0.4) is 0 Å². The molecule has 2 aromatic heterocycles. The maximum atomic E-state index is 12.6. The molecule has 0 bridgehead atoms. The number of pyridine rings is 1. The van der Waals surface area contributed by atoms with Gasteiger partial charge in [-0.2, -0.15) is 4.31 Å². The Balaban J connectivity index is 1.77. The molecule has 1 aliphatic heterocycles. The highest BCUT2D eigenvalue weighted by Crippen LogP contribution is 2.23. The molecule has 1 aliphatic rings. The minimum Gasteiger partial charge on any atom is -0.350 e. The molecule has 0 aromatic carbocycles. The zero-order chi connectivity index (χ0) is 17.2. The van der Waals surface area contributed by atoms with Gasteiger partial charge in [0.25, 0.3) is 0 Å². The average molecular weight is 349 g/mol. The van der Waals surface area contributed by atoms with Gasteiger partial charge in [0.15, 0.2) is 0 Å². The van der Waals surface area contributed by atoms with Crippen LogP contribution in [0.5, 0.6) is 0 Å². The first-order valence-corrected chi connectivity index (χ1v) is 9.27. The Kier molecular flexibility index (Phi) is 4.63. The van der Waals surface area contributed by atoms with Gasteiger partial charge in [-0.15, -0.1) is 0 Å². The molecule has 8 nitrogen and oxygen atoms in total. The largest absolute Gasteiger partial charge is 0.350 e. The molecule has 3 rings (SSSR count). The van der Waals surface area contributed by atoms with Crippen molar-refractivity contribution < 1.29 is 13.2 Å². The lowest BCUT2D eigenvalue weighted by Crippen LogP contribution is -2.46. The Hall–Kier alpha value is -2.26. The lowest BCUT2D eigenvalue weighted by Gasteiger charge is -2.32. The number of imidazole rings is 1. The lowest BCUT2D eigenvalue weighted by molar-refractivity contribution is -0.125. The molecule has 9 heteroatoms. The van der Waals surface area contributed by atoms with Gasteiger partial charge in [-0.05, 0) is 18.6 Å². The summed E-state index contributed by atoms with van der Waals surface area (Å²) in [5, 5.41) is 2.84. The predicted octanol–water partition coefficient (Wildman–Crippen LogP) is 0.301. The monoisotopic (exact) mass is 349 g/mol. The standard InChI is InChI=1S/C15H19N5O3S/c1-2-24(22,23)19-9-13-8-17-11-20(13)14(10-19)15(21)18-7-12-4-3-5-16-6-12/h3-6,8,11,14H,2,7,9-10H2,1H3,(H,18,21)/t14-/m0/s1. The van der Waals surface area contributed by atoms with E-state index in [9.17, 15) is 13.2 Å². The van der Waals surface area contributed by atoms with Crippen LogP contribution in [0.1, 0.15) is 24.2 Å². The van der Waals surface area contributed by atoms with Gasteiger partial charge in [-0.25, -0.2) is 13.4 Å². The molecular weight excluding hydrogens is 330 g/mol. The van der Waals surface area contributed by atoms with Crippen molar-refractivity contribution in [3.8, 4) is 0 Å². The van der Waals surface area contributed by atoms with E-state index < -0.39 is 16.1 Å². The molecular formula is C15H19N5O3S. The summed E-state index contributed by atoms with van der Waals surface area (Å²) in [6.45, 7) is 2.29. The van der Waals surface area contributed by atoms with E-state index in [-0.39, 0.29) is 24.7 Å². The van der Waals surface area contributed by atoms with E-state index in [4.69, 9.17) is 0 Å². The van der Waals surface area contributed by atoms with Gasteiger partial charge < -0.3 is 9.88 Å². The maximum Gasteiger partial charge on any atom is 0.244 e. The summed E-state index contributed by atoms with van der Waals surface area (Å²) in [7, 11) is -3.37. The number of nitrogens with zero attached hydrogens (tertiary/aromatic N) is 4. The number of aromatic nitrogens is 3. The molecule has 0 aliphatic carbocycles. The third kappa shape index (κ3) is 3.31. The van der Waals surface area contributed by atoms with E-state index in [1.165, 1.54) is 4.31 Å². The summed E-state index contributed by atoms with van der Waals surface area (Å²) in [5.74, 6) is -0.236.